The van der Waals surface area contributed by atoms with Crippen LogP contribution < -0.4 is 10.2 Å². The van der Waals surface area contributed by atoms with Gasteiger partial charge in [0.1, 0.15) is 5.69 Å². The summed E-state index contributed by atoms with van der Waals surface area (Å²) in [5.74, 6) is -0.434. The van der Waals surface area contributed by atoms with Crippen LogP contribution in [0.25, 0.3) is 0 Å². The van der Waals surface area contributed by atoms with E-state index >= 15 is 0 Å². The third-order valence-corrected chi connectivity index (χ3v) is 6.87. The van der Waals surface area contributed by atoms with Gasteiger partial charge in [-0.1, -0.05) is 12.1 Å². The topological polar surface area (TPSA) is 113 Å². The molecule has 2 aromatic rings. The zero-order chi connectivity index (χ0) is 21.9. The fraction of sp³-hybridized carbons (Fsp3) is 0.350. The van der Waals surface area contributed by atoms with Crippen molar-refractivity contribution < 1.29 is 18.1 Å². The lowest BCUT2D eigenvalue weighted by Gasteiger charge is -2.17. The van der Waals surface area contributed by atoms with Gasteiger partial charge >= 0.3 is 0 Å². The van der Waals surface area contributed by atoms with Crippen LogP contribution in [0.3, 0.4) is 0 Å². The van der Waals surface area contributed by atoms with E-state index in [4.69, 9.17) is 0 Å². The Morgan fingerprint density at radius 1 is 1.13 bits per heavy atom. The van der Waals surface area contributed by atoms with Crippen molar-refractivity contribution in [1.29, 1.82) is 0 Å². The zero-order valence-electron chi connectivity index (χ0n) is 16.9. The van der Waals surface area contributed by atoms with E-state index in [2.05, 4.69) is 5.32 Å². The van der Waals surface area contributed by atoms with Gasteiger partial charge in [0.15, 0.2) is 0 Å². The van der Waals surface area contributed by atoms with Crippen LogP contribution in [0.15, 0.2) is 47.4 Å². The van der Waals surface area contributed by atoms with Crippen molar-refractivity contribution in [3.8, 4) is 0 Å². The molecule has 0 bridgehead atoms. The predicted octanol–water partition coefficient (Wildman–Crippen LogP) is 2.38. The number of amides is 1. The van der Waals surface area contributed by atoms with Crippen molar-refractivity contribution in [2.45, 2.75) is 24.3 Å². The van der Waals surface area contributed by atoms with Gasteiger partial charge in [-0.2, -0.15) is 0 Å². The van der Waals surface area contributed by atoms with E-state index < -0.39 is 20.9 Å². The summed E-state index contributed by atoms with van der Waals surface area (Å²) in [4.78, 5) is 25.6. The molecule has 0 atom stereocenters. The maximum Gasteiger partial charge on any atom is 0.293 e. The molecule has 0 aliphatic carbocycles. The molecule has 1 saturated heterocycles. The van der Waals surface area contributed by atoms with Crippen LogP contribution in [0.5, 0.6) is 0 Å². The quantitative estimate of drug-likeness (QED) is 0.531. The molecule has 0 saturated carbocycles. The maximum absolute atomic E-state index is 12.5. The first-order chi connectivity index (χ1) is 14.2. The minimum atomic E-state index is -3.51. The van der Waals surface area contributed by atoms with Gasteiger partial charge in [0, 0.05) is 45.4 Å². The number of anilines is 1. The average molecular weight is 433 g/mol. The number of hydrogen-bond acceptors (Lipinski definition) is 6. The molecule has 30 heavy (non-hydrogen) atoms. The van der Waals surface area contributed by atoms with Crippen molar-refractivity contribution >= 4 is 27.3 Å². The van der Waals surface area contributed by atoms with Crippen LogP contribution in [0.2, 0.25) is 0 Å². The number of carbonyl (C=O) groups excluding carboxylic acids is 1. The molecule has 160 valence electrons. The summed E-state index contributed by atoms with van der Waals surface area (Å²) in [6.07, 6.45) is 1.99. The summed E-state index contributed by atoms with van der Waals surface area (Å²) < 4.78 is 25.3. The highest BCUT2D eigenvalue weighted by atomic mass is 32.2. The van der Waals surface area contributed by atoms with Gasteiger partial charge in [-0.3, -0.25) is 14.9 Å². The van der Waals surface area contributed by atoms with Crippen LogP contribution in [-0.4, -0.2) is 50.7 Å². The fourth-order valence-electron chi connectivity index (χ4n) is 3.31. The highest BCUT2D eigenvalue weighted by Crippen LogP contribution is 2.31. The summed E-state index contributed by atoms with van der Waals surface area (Å²) in [6, 6.07) is 10.7. The molecule has 1 fully saturated rings. The highest BCUT2D eigenvalue weighted by Gasteiger charge is 2.24. The number of nitro groups is 1. The van der Waals surface area contributed by atoms with Gasteiger partial charge in [-0.05, 0) is 42.7 Å². The number of nitrogens with one attached hydrogen (secondary N) is 1. The first-order valence-electron chi connectivity index (χ1n) is 9.53. The van der Waals surface area contributed by atoms with Crippen molar-refractivity contribution in [3.63, 3.8) is 0 Å². The minimum Gasteiger partial charge on any atom is -0.366 e. The standard InChI is InChI=1S/C20H24N4O5S/c1-22(2)30(28,29)17-8-5-15(6-9-17)14-21-20(25)16-7-10-18(19(13-16)24(26)27)23-11-3-4-12-23/h5-10,13H,3-4,11-12,14H2,1-2H3,(H,21,25). The number of sulfonamides is 1. The lowest BCUT2D eigenvalue weighted by Crippen LogP contribution is -2.24. The van der Waals surface area contributed by atoms with Gasteiger partial charge in [0.2, 0.25) is 10.0 Å². The monoisotopic (exact) mass is 432 g/mol. The Balaban J connectivity index is 1.70. The SMILES string of the molecule is CN(C)S(=O)(=O)c1ccc(CNC(=O)c2ccc(N3CCCC3)c([N+](=O)[O-])c2)cc1. The smallest absolute Gasteiger partial charge is 0.293 e. The molecule has 0 unspecified atom stereocenters. The molecular weight excluding hydrogens is 408 g/mol. The van der Waals surface area contributed by atoms with Crippen LogP contribution in [0, 0.1) is 10.1 Å². The molecule has 1 heterocycles. The predicted molar refractivity (Wildman–Crippen MR) is 113 cm³/mol. The van der Waals surface area contributed by atoms with Gasteiger partial charge in [0.05, 0.1) is 9.82 Å². The highest BCUT2D eigenvalue weighted by molar-refractivity contribution is 7.89. The van der Waals surface area contributed by atoms with E-state index in [1.165, 1.54) is 32.3 Å². The molecular formula is C20H24N4O5S. The molecule has 0 spiro atoms. The first kappa shape index (κ1) is 21.7. The molecule has 1 aliphatic rings. The van der Waals surface area contributed by atoms with E-state index in [1.54, 1.807) is 24.3 Å². The Labute approximate surface area is 175 Å². The Morgan fingerprint density at radius 3 is 2.33 bits per heavy atom. The molecule has 1 amide bonds. The van der Waals surface area contributed by atoms with Gasteiger partial charge in [-0.15, -0.1) is 0 Å². The van der Waals surface area contributed by atoms with E-state index in [9.17, 15) is 23.3 Å². The van der Waals surface area contributed by atoms with Gasteiger partial charge in [0.25, 0.3) is 11.6 Å². The number of nitro benzene ring substituents is 1. The Hall–Kier alpha value is -2.98. The molecule has 10 heteroatoms. The average Bonchev–Trinajstić information content (AvgIpc) is 3.26. The van der Waals surface area contributed by atoms with E-state index in [-0.39, 0.29) is 22.7 Å². The van der Waals surface area contributed by atoms with E-state index in [0.717, 1.165) is 30.2 Å². The summed E-state index contributed by atoms with van der Waals surface area (Å²) in [5, 5.41) is 14.2. The molecule has 1 N–H and O–H groups in total. The van der Waals surface area contributed by atoms with Crippen molar-refractivity contribution in [2.75, 3.05) is 32.1 Å². The Morgan fingerprint density at radius 2 is 1.77 bits per heavy atom. The van der Waals surface area contributed by atoms with E-state index in [1.807, 2.05) is 4.90 Å². The Kier molecular flexibility index (Phi) is 6.37. The van der Waals surface area contributed by atoms with E-state index in [0.29, 0.717) is 11.3 Å². The number of rotatable bonds is 7. The largest absolute Gasteiger partial charge is 0.366 e. The second-order valence-electron chi connectivity index (χ2n) is 7.27. The van der Waals surface area contributed by atoms with Crippen molar-refractivity contribution in [2.24, 2.45) is 0 Å². The summed E-state index contributed by atoms with van der Waals surface area (Å²) >= 11 is 0. The Bertz CT molecular complexity index is 1050. The number of hydrogen-bond donors (Lipinski definition) is 1. The molecule has 0 aromatic heterocycles. The molecule has 3 rings (SSSR count). The number of carbonyl (C=O) groups is 1. The van der Waals surface area contributed by atoms with Gasteiger partial charge in [-0.25, -0.2) is 12.7 Å². The third kappa shape index (κ3) is 4.60. The lowest BCUT2D eigenvalue weighted by molar-refractivity contribution is -0.384. The van der Waals surface area contributed by atoms with Crippen molar-refractivity contribution in [3.05, 3.63) is 63.7 Å². The third-order valence-electron chi connectivity index (χ3n) is 5.04. The lowest BCUT2D eigenvalue weighted by atomic mass is 10.1. The number of benzene rings is 2. The molecule has 9 nitrogen and oxygen atoms in total. The normalized spacial score (nSPS) is 14.2. The summed E-state index contributed by atoms with van der Waals surface area (Å²) in [7, 11) is -0.602. The van der Waals surface area contributed by atoms with Crippen molar-refractivity contribution in [1.82, 2.24) is 9.62 Å². The fourth-order valence-corrected chi connectivity index (χ4v) is 4.21. The summed E-state index contributed by atoms with van der Waals surface area (Å²) in [5.41, 5.74) is 1.37. The summed E-state index contributed by atoms with van der Waals surface area (Å²) in [6.45, 7) is 1.71. The molecule has 1 aliphatic heterocycles. The minimum absolute atomic E-state index is 0.0807. The number of nitrogens with zero attached hydrogens (tertiary/aromatic N) is 3. The van der Waals surface area contributed by atoms with Crippen LogP contribution in [0.4, 0.5) is 11.4 Å². The zero-order valence-corrected chi connectivity index (χ0v) is 17.7. The first-order valence-corrected chi connectivity index (χ1v) is 11.0. The molecule has 2 aromatic carbocycles. The van der Waals surface area contributed by atoms with Gasteiger partial charge < -0.3 is 10.2 Å². The van der Waals surface area contributed by atoms with Crippen LogP contribution in [-0.2, 0) is 16.6 Å². The van der Waals surface area contributed by atoms with Crippen LogP contribution >= 0.6 is 0 Å². The second-order valence-corrected chi connectivity index (χ2v) is 9.42. The second kappa shape index (κ2) is 8.80. The molecule has 0 radical (unpaired) electrons. The van der Waals surface area contributed by atoms with Crippen LogP contribution in [0.1, 0.15) is 28.8 Å². The maximum atomic E-state index is 12.5.